The predicted molar refractivity (Wildman–Crippen MR) is 268 cm³/mol. The zero-order chi connectivity index (χ0) is 48.0. The summed E-state index contributed by atoms with van der Waals surface area (Å²) in [5, 5.41) is 11.5. The second-order valence-electron chi connectivity index (χ2n) is 16.9. The van der Waals surface area contributed by atoms with Gasteiger partial charge in [-0.25, -0.2) is 4.79 Å². The number of hydrogen-bond acceptors (Lipinski definition) is 11. The number of carboxylic acids is 1. The number of ether oxygens (including phenoxy) is 4. The number of nitrogen functional groups attached to an aromatic ring is 3. The van der Waals surface area contributed by atoms with Crippen LogP contribution in [0.15, 0.2) is 109 Å². The maximum Gasteiger partial charge on any atom is 0.337 e. The molecule has 0 spiro atoms. The third-order valence-electron chi connectivity index (χ3n) is 12.1. The first kappa shape index (κ1) is 49.2. The molecule has 0 unspecified atom stereocenters. The van der Waals surface area contributed by atoms with Crippen LogP contribution in [0.2, 0.25) is 0 Å². The Labute approximate surface area is 394 Å². The lowest BCUT2D eigenvalue weighted by atomic mass is 9.98. The molecule has 13 nitrogen and oxygen atoms in total. The van der Waals surface area contributed by atoms with Gasteiger partial charge in [0.05, 0.1) is 39.6 Å². The molecule has 0 fully saturated rings. The van der Waals surface area contributed by atoms with E-state index in [0.717, 1.165) is 110 Å². The summed E-state index contributed by atoms with van der Waals surface area (Å²) in [6.07, 6.45) is 4.05. The van der Waals surface area contributed by atoms with Crippen molar-refractivity contribution >= 4 is 34.6 Å². The van der Waals surface area contributed by atoms with Crippen LogP contribution in [0.3, 0.4) is 0 Å². The van der Waals surface area contributed by atoms with Crippen molar-refractivity contribution in [2.45, 2.75) is 52.6 Å². The van der Waals surface area contributed by atoms with Crippen LogP contribution in [0.5, 0.6) is 23.0 Å². The van der Waals surface area contributed by atoms with Gasteiger partial charge >= 0.3 is 5.97 Å². The molecule has 6 aromatic carbocycles. The van der Waals surface area contributed by atoms with E-state index in [0.29, 0.717) is 16.9 Å². The van der Waals surface area contributed by atoms with E-state index in [4.69, 9.17) is 41.3 Å². The van der Waals surface area contributed by atoms with Gasteiger partial charge in [-0.2, -0.15) is 0 Å². The molecule has 0 radical (unpaired) electrons. The summed E-state index contributed by atoms with van der Waals surface area (Å²) in [6, 6.07) is 35.0. The summed E-state index contributed by atoms with van der Waals surface area (Å²) >= 11 is 0. The van der Waals surface area contributed by atoms with Gasteiger partial charge in [0.15, 0.2) is 23.0 Å². The Morgan fingerprint density at radius 1 is 0.552 bits per heavy atom. The van der Waals surface area contributed by atoms with E-state index in [9.17, 15) is 9.59 Å². The van der Waals surface area contributed by atoms with Crippen LogP contribution >= 0.6 is 0 Å². The standard InChI is InChI=1S/C27H31N3O3.C19H24N2O2.C8H9NO2/c1-18-4-9-24(28)23(14-18)27(31)29-22-7-5-19(6-8-22)10-12-30-13-11-20-15-25(32-2)26(33-3)16-21(20)17-30;1-22-18-11-15-8-10-21(13-16(15)12-19(18)23-2)9-7-14-3-5-17(20)6-4-14;1-5-2-3-7(9)6(4-5)8(10)11/h4-9,14-16H,10-13,17,28H2,1-3H3,(H,29,31);3-6,11-12H,7-10,13,20H2,1-2H3;2-4H,9H2,1H3,(H,10,11). The number of nitrogens with one attached hydrogen (secondary N) is 1. The molecular formula is C54H64N6O7. The van der Waals surface area contributed by atoms with Gasteiger partial charge in [-0.15, -0.1) is 0 Å². The van der Waals surface area contributed by atoms with Gasteiger partial charge < -0.3 is 46.6 Å². The second kappa shape index (κ2) is 23.3. The van der Waals surface area contributed by atoms with Crippen molar-refractivity contribution in [3.63, 3.8) is 0 Å². The lowest BCUT2D eigenvalue weighted by Crippen LogP contribution is -2.32. The minimum atomic E-state index is -0.980. The molecule has 8 rings (SSSR count). The average molecular weight is 909 g/mol. The molecule has 0 saturated carbocycles. The summed E-state index contributed by atoms with van der Waals surface area (Å²) in [5.41, 5.74) is 30.0. The van der Waals surface area contributed by atoms with E-state index >= 15 is 0 Å². The number of carboxylic acid groups (broad SMARTS) is 1. The van der Waals surface area contributed by atoms with Gasteiger partial charge in [-0.1, -0.05) is 47.5 Å². The number of methoxy groups -OCH3 is 4. The van der Waals surface area contributed by atoms with Crippen LogP contribution in [0.25, 0.3) is 0 Å². The fraction of sp³-hybridized carbons (Fsp3) is 0.296. The Balaban J connectivity index is 0.000000188. The topological polar surface area (TPSA) is 188 Å². The minimum Gasteiger partial charge on any atom is -0.493 e. The number of aryl methyl sites for hydroxylation is 2. The maximum absolute atomic E-state index is 12.6. The van der Waals surface area contributed by atoms with Crippen LogP contribution in [0.1, 0.15) is 65.2 Å². The molecule has 2 aliphatic heterocycles. The average Bonchev–Trinajstić information content (AvgIpc) is 3.34. The predicted octanol–water partition coefficient (Wildman–Crippen LogP) is 8.61. The van der Waals surface area contributed by atoms with Gasteiger partial charge in [0.25, 0.3) is 5.91 Å². The maximum atomic E-state index is 12.6. The van der Waals surface area contributed by atoms with Crippen LogP contribution in [0.4, 0.5) is 22.7 Å². The quantitative estimate of drug-likeness (QED) is 0.0696. The molecular weight excluding hydrogens is 845 g/mol. The number of nitrogens with two attached hydrogens (primary N) is 3. The summed E-state index contributed by atoms with van der Waals surface area (Å²) in [4.78, 5) is 28.0. The first-order valence-corrected chi connectivity index (χ1v) is 22.4. The van der Waals surface area contributed by atoms with E-state index in [1.54, 1.807) is 52.7 Å². The fourth-order valence-corrected chi connectivity index (χ4v) is 8.20. The number of hydrogen-bond donors (Lipinski definition) is 5. The molecule has 67 heavy (non-hydrogen) atoms. The molecule has 0 saturated heterocycles. The zero-order valence-electron chi connectivity index (χ0n) is 39.5. The highest BCUT2D eigenvalue weighted by molar-refractivity contribution is 6.07. The van der Waals surface area contributed by atoms with Gasteiger partial charge in [0.2, 0.25) is 0 Å². The molecule has 0 aromatic heterocycles. The van der Waals surface area contributed by atoms with E-state index in [-0.39, 0.29) is 11.5 Å². The molecule has 1 amide bonds. The Kier molecular flexibility index (Phi) is 17.1. The van der Waals surface area contributed by atoms with Gasteiger partial charge in [0.1, 0.15) is 0 Å². The van der Waals surface area contributed by atoms with Gasteiger partial charge in [0, 0.05) is 62.0 Å². The number of carbonyl (C=O) groups excluding carboxylic acids is 1. The van der Waals surface area contributed by atoms with Crippen molar-refractivity contribution in [3.8, 4) is 23.0 Å². The Morgan fingerprint density at radius 2 is 0.955 bits per heavy atom. The number of nitrogens with zero attached hydrogens (tertiary/aromatic N) is 2. The normalized spacial score (nSPS) is 13.0. The highest BCUT2D eigenvalue weighted by Gasteiger charge is 2.21. The fourth-order valence-electron chi connectivity index (χ4n) is 8.20. The molecule has 6 aromatic rings. The summed E-state index contributed by atoms with van der Waals surface area (Å²) in [5.74, 6) is 2.03. The van der Waals surface area contributed by atoms with E-state index in [2.05, 4.69) is 63.6 Å². The minimum absolute atomic E-state index is 0.171. The number of aromatic carboxylic acids is 1. The number of fused-ring (bicyclic) bond motifs is 2. The Hall–Kier alpha value is -7.22. The molecule has 2 heterocycles. The van der Waals surface area contributed by atoms with Crippen molar-refractivity contribution in [2.24, 2.45) is 0 Å². The third-order valence-corrected chi connectivity index (χ3v) is 12.1. The summed E-state index contributed by atoms with van der Waals surface area (Å²) in [6.45, 7) is 9.76. The largest absolute Gasteiger partial charge is 0.493 e. The van der Waals surface area contributed by atoms with Gasteiger partial charge in [-0.05, 0) is 146 Å². The van der Waals surface area contributed by atoms with Crippen LogP contribution < -0.4 is 41.5 Å². The Morgan fingerprint density at radius 3 is 1.37 bits per heavy atom. The SMILES string of the molecule is COc1cc2c(cc1OC)CN(CCc1ccc(N)cc1)CC2.COc1cc2c(cc1OC)CN(CCc1ccc(NC(=O)c3cc(C)ccc3N)cc1)CC2.Cc1ccc(N)c(C(=O)O)c1. The van der Waals surface area contributed by atoms with Crippen LogP contribution in [-0.2, 0) is 38.8 Å². The molecule has 352 valence electrons. The number of rotatable bonds is 13. The first-order chi connectivity index (χ1) is 32.3. The lowest BCUT2D eigenvalue weighted by Gasteiger charge is -2.29. The molecule has 0 atom stereocenters. The number of carbonyl (C=O) groups is 2. The van der Waals surface area contributed by atoms with Gasteiger partial charge in [-0.3, -0.25) is 14.6 Å². The monoisotopic (exact) mass is 908 g/mol. The van der Waals surface area contributed by atoms with Crippen LogP contribution in [0, 0.1) is 13.8 Å². The van der Waals surface area contributed by atoms with E-state index in [1.165, 1.54) is 33.4 Å². The highest BCUT2D eigenvalue weighted by atomic mass is 16.5. The molecule has 8 N–H and O–H groups in total. The van der Waals surface area contributed by atoms with Crippen molar-refractivity contribution < 1.29 is 33.6 Å². The number of amides is 1. The number of anilines is 4. The Bertz CT molecular complexity index is 2630. The van der Waals surface area contributed by atoms with E-state index in [1.807, 2.05) is 50.2 Å². The zero-order valence-corrected chi connectivity index (χ0v) is 39.5. The molecule has 13 heteroatoms. The van der Waals surface area contributed by atoms with Crippen molar-refractivity contribution in [3.05, 3.63) is 165 Å². The molecule has 0 aliphatic carbocycles. The van der Waals surface area contributed by atoms with Crippen molar-refractivity contribution in [1.82, 2.24) is 9.80 Å². The van der Waals surface area contributed by atoms with E-state index < -0.39 is 5.97 Å². The smallest absolute Gasteiger partial charge is 0.337 e. The van der Waals surface area contributed by atoms with Crippen molar-refractivity contribution in [1.29, 1.82) is 0 Å². The molecule has 0 bridgehead atoms. The van der Waals surface area contributed by atoms with Crippen LogP contribution in [-0.4, -0.2) is 81.4 Å². The highest BCUT2D eigenvalue weighted by Crippen LogP contribution is 2.34. The first-order valence-electron chi connectivity index (χ1n) is 22.4. The summed E-state index contributed by atoms with van der Waals surface area (Å²) in [7, 11) is 6.72. The summed E-state index contributed by atoms with van der Waals surface area (Å²) < 4.78 is 21.7. The van der Waals surface area contributed by atoms with Crippen molar-refractivity contribution in [2.75, 3.05) is 77.1 Å². The third kappa shape index (κ3) is 13.4. The second-order valence-corrected chi connectivity index (χ2v) is 16.9. The molecule has 2 aliphatic rings. The lowest BCUT2D eigenvalue weighted by molar-refractivity contribution is 0.0697. The number of benzene rings is 6.